The molecule has 1 aromatic heterocycles. The molecule has 0 amide bonds. The monoisotopic (exact) mass is 417 g/mol. The third kappa shape index (κ3) is 3.72. The largest absolute Gasteiger partial charge is 0.454 e. The molecule has 0 unspecified atom stereocenters. The van der Waals surface area contributed by atoms with Gasteiger partial charge in [0.1, 0.15) is 0 Å². The van der Waals surface area contributed by atoms with E-state index < -0.39 is 9.84 Å². The first-order valence-electron chi connectivity index (χ1n) is 8.70. The fourth-order valence-corrected chi connectivity index (χ4v) is 4.50. The van der Waals surface area contributed by atoms with Crippen molar-refractivity contribution in [2.45, 2.75) is 29.3 Å². The molecule has 0 aliphatic carbocycles. The number of hydrogen-bond acceptors (Lipinski definition) is 7. The van der Waals surface area contributed by atoms with E-state index in [0.29, 0.717) is 16.4 Å². The molecular formula is C19H19N3O4S2. The minimum Gasteiger partial charge on any atom is -0.454 e. The number of nitrogens with zero attached hydrogens (tertiary/aromatic N) is 3. The molecule has 0 atom stereocenters. The van der Waals surface area contributed by atoms with Crippen LogP contribution in [0.4, 0.5) is 0 Å². The summed E-state index contributed by atoms with van der Waals surface area (Å²) in [6.07, 6.45) is 1.21. The van der Waals surface area contributed by atoms with Crippen molar-refractivity contribution in [1.82, 2.24) is 14.8 Å². The van der Waals surface area contributed by atoms with E-state index in [1.165, 1.54) is 6.26 Å². The van der Waals surface area contributed by atoms with Crippen LogP contribution in [0.5, 0.6) is 11.5 Å². The number of hydrogen-bond donors (Lipinski definition) is 0. The summed E-state index contributed by atoms with van der Waals surface area (Å²) in [5.41, 5.74) is 1.94. The zero-order valence-electron chi connectivity index (χ0n) is 15.5. The Labute approximate surface area is 167 Å². The summed E-state index contributed by atoms with van der Waals surface area (Å²) < 4.78 is 36.0. The fourth-order valence-electron chi connectivity index (χ4n) is 2.91. The maximum atomic E-state index is 11.6. The lowest BCUT2D eigenvalue weighted by Crippen LogP contribution is -2.00. The van der Waals surface area contributed by atoms with E-state index in [-0.39, 0.29) is 6.79 Å². The number of thioether (sulfide) groups is 1. The average molecular weight is 418 g/mol. The van der Waals surface area contributed by atoms with Crippen molar-refractivity contribution in [3.05, 3.63) is 48.0 Å². The maximum Gasteiger partial charge on any atom is 0.231 e. The molecule has 1 aliphatic rings. The van der Waals surface area contributed by atoms with Gasteiger partial charge < -0.3 is 14.0 Å². The summed E-state index contributed by atoms with van der Waals surface area (Å²) in [7, 11) is -3.18. The molecule has 9 heteroatoms. The van der Waals surface area contributed by atoms with Crippen LogP contribution < -0.4 is 9.47 Å². The molecule has 2 heterocycles. The smallest absolute Gasteiger partial charge is 0.231 e. The first-order chi connectivity index (χ1) is 13.5. The van der Waals surface area contributed by atoms with Gasteiger partial charge >= 0.3 is 0 Å². The lowest BCUT2D eigenvalue weighted by Gasteiger charge is -2.08. The molecule has 1 aliphatic heterocycles. The van der Waals surface area contributed by atoms with E-state index in [2.05, 4.69) is 10.2 Å². The summed E-state index contributed by atoms with van der Waals surface area (Å²) >= 11 is 1.56. The Bertz CT molecular complexity index is 1110. The van der Waals surface area contributed by atoms with E-state index in [1.54, 1.807) is 23.9 Å². The number of fused-ring (bicyclic) bond motifs is 1. The van der Waals surface area contributed by atoms with Gasteiger partial charge in [0, 0.05) is 24.1 Å². The van der Waals surface area contributed by atoms with Crippen LogP contribution in [0.15, 0.2) is 52.5 Å². The summed E-state index contributed by atoms with van der Waals surface area (Å²) in [5.74, 6) is 2.89. The third-order valence-corrected chi connectivity index (χ3v) is 6.55. The van der Waals surface area contributed by atoms with Crippen molar-refractivity contribution >= 4 is 21.6 Å². The van der Waals surface area contributed by atoms with E-state index >= 15 is 0 Å². The predicted octanol–water partition coefficient (Wildman–Crippen LogP) is 3.39. The quantitative estimate of drug-likeness (QED) is 0.569. The summed E-state index contributed by atoms with van der Waals surface area (Å²) in [6.45, 7) is 3.01. The highest BCUT2D eigenvalue weighted by Crippen LogP contribution is 2.36. The number of sulfone groups is 1. The molecule has 0 bridgehead atoms. The van der Waals surface area contributed by atoms with Crippen molar-refractivity contribution in [3.63, 3.8) is 0 Å². The van der Waals surface area contributed by atoms with Crippen molar-refractivity contribution in [2.75, 3.05) is 13.0 Å². The highest BCUT2D eigenvalue weighted by Gasteiger charge is 2.18. The molecule has 0 N–H and O–H groups in total. The standard InChI is InChI=1S/C19H19N3O4S2/c1-3-22-18(14-6-9-16-17(10-14)26-12-25-16)20-21-19(22)27-11-13-4-7-15(8-5-13)28(2,23)24/h4-10H,3,11-12H2,1-2H3. The topological polar surface area (TPSA) is 83.3 Å². The van der Waals surface area contributed by atoms with Crippen LogP contribution in [0.3, 0.4) is 0 Å². The summed E-state index contributed by atoms with van der Waals surface area (Å²) in [4.78, 5) is 0.322. The van der Waals surface area contributed by atoms with Gasteiger partial charge in [-0.1, -0.05) is 23.9 Å². The normalized spacial score (nSPS) is 13.1. The SMILES string of the molecule is CCn1c(SCc2ccc(S(C)(=O)=O)cc2)nnc1-c1ccc2c(c1)OCO2. The minimum atomic E-state index is -3.18. The number of rotatable bonds is 6. The lowest BCUT2D eigenvalue weighted by atomic mass is 10.2. The van der Waals surface area contributed by atoms with Gasteiger partial charge in [0.15, 0.2) is 32.3 Å². The van der Waals surface area contributed by atoms with E-state index in [9.17, 15) is 8.42 Å². The van der Waals surface area contributed by atoms with Crippen LogP contribution in [0.25, 0.3) is 11.4 Å². The van der Waals surface area contributed by atoms with E-state index in [1.807, 2.05) is 41.8 Å². The predicted molar refractivity (Wildman–Crippen MR) is 106 cm³/mol. The zero-order chi connectivity index (χ0) is 19.7. The van der Waals surface area contributed by atoms with E-state index in [0.717, 1.165) is 34.4 Å². The molecule has 7 nitrogen and oxygen atoms in total. The Morgan fingerprint density at radius 2 is 1.82 bits per heavy atom. The van der Waals surface area contributed by atoms with Crippen LogP contribution in [0.2, 0.25) is 0 Å². The van der Waals surface area contributed by atoms with Crippen molar-refractivity contribution in [3.8, 4) is 22.9 Å². The van der Waals surface area contributed by atoms with Gasteiger partial charge in [-0.2, -0.15) is 0 Å². The van der Waals surface area contributed by atoms with Crippen molar-refractivity contribution in [1.29, 1.82) is 0 Å². The molecule has 0 radical (unpaired) electrons. The molecule has 28 heavy (non-hydrogen) atoms. The minimum absolute atomic E-state index is 0.235. The Morgan fingerprint density at radius 1 is 1.07 bits per heavy atom. The van der Waals surface area contributed by atoms with Crippen LogP contribution in [0.1, 0.15) is 12.5 Å². The second-order valence-corrected chi connectivity index (χ2v) is 9.28. The molecule has 0 fully saturated rings. The van der Waals surface area contributed by atoms with Crippen molar-refractivity contribution < 1.29 is 17.9 Å². The molecule has 2 aromatic carbocycles. The Kier molecular flexibility index (Phi) is 5.03. The molecule has 0 spiro atoms. The van der Waals surface area contributed by atoms with Gasteiger partial charge in [0.2, 0.25) is 6.79 Å². The average Bonchev–Trinajstić information content (AvgIpc) is 3.31. The number of benzene rings is 2. The second kappa shape index (κ2) is 7.48. The van der Waals surface area contributed by atoms with Crippen LogP contribution in [0, 0.1) is 0 Å². The molecule has 3 aromatic rings. The van der Waals surface area contributed by atoms with Gasteiger partial charge in [-0.25, -0.2) is 8.42 Å². The number of ether oxygens (including phenoxy) is 2. The molecular weight excluding hydrogens is 398 g/mol. The van der Waals surface area contributed by atoms with Gasteiger partial charge in [-0.05, 0) is 42.8 Å². The summed E-state index contributed by atoms with van der Waals surface area (Å²) in [6, 6.07) is 12.7. The summed E-state index contributed by atoms with van der Waals surface area (Å²) in [5, 5.41) is 9.50. The number of aromatic nitrogens is 3. The lowest BCUT2D eigenvalue weighted by molar-refractivity contribution is 0.174. The van der Waals surface area contributed by atoms with Gasteiger partial charge in [-0.15, -0.1) is 10.2 Å². The Balaban J connectivity index is 1.53. The Morgan fingerprint density at radius 3 is 2.54 bits per heavy atom. The van der Waals surface area contributed by atoms with Gasteiger partial charge in [-0.3, -0.25) is 0 Å². The molecule has 146 valence electrons. The third-order valence-electron chi connectivity index (χ3n) is 4.38. The van der Waals surface area contributed by atoms with Crippen LogP contribution in [-0.4, -0.2) is 36.2 Å². The maximum absolute atomic E-state index is 11.6. The molecule has 0 saturated carbocycles. The highest BCUT2D eigenvalue weighted by molar-refractivity contribution is 7.98. The Hall–Kier alpha value is -2.52. The molecule has 4 rings (SSSR count). The van der Waals surface area contributed by atoms with Gasteiger partial charge in [0.25, 0.3) is 0 Å². The van der Waals surface area contributed by atoms with E-state index in [4.69, 9.17) is 9.47 Å². The fraction of sp³-hybridized carbons (Fsp3) is 0.263. The first-order valence-corrected chi connectivity index (χ1v) is 11.6. The van der Waals surface area contributed by atoms with Crippen molar-refractivity contribution in [2.24, 2.45) is 0 Å². The van der Waals surface area contributed by atoms with Gasteiger partial charge in [0.05, 0.1) is 4.90 Å². The van der Waals surface area contributed by atoms with Crippen LogP contribution in [-0.2, 0) is 22.1 Å². The zero-order valence-corrected chi connectivity index (χ0v) is 17.1. The van der Waals surface area contributed by atoms with Crippen LogP contribution >= 0.6 is 11.8 Å². The molecule has 0 saturated heterocycles. The highest BCUT2D eigenvalue weighted by atomic mass is 32.2. The second-order valence-electron chi connectivity index (χ2n) is 6.32. The first kappa shape index (κ1) is 18.8.